The van der Waals surface area contributed by atoms with Crippen LogP contribution in [-0.2, 0) is 4.79 Å². The molecule has 0 aliphatic carbocycles. The van der Waals surface area contributed by atoms with Crippen LogP contribution in [0.3, 0.4) is 0 Å². The summed E-state index contributed by atoms with van der Waals surface area (Å²) < 4.78 is 0. The highest BCUT2D eigenvalue weighted by atomic mass is 16.2. The van der Waals surface area contributed by atoms with Crippen molar-refractivity contribution in [2.75, 3.05) is 13.1 Å². The van der Waals surface area contributed by atoms with Crippen molar-refractivity contribution in [1.82, 2.24) is 4.90 Å². The van der Waals surface area contributed by atoms with E-state index >= 15 is 0 Å². The van der Waals surface area contributed by atoms with Crippen LogP contribution in [0, 0.1) is 0 Å². The van der Waals surface area contributed by atoms with E-state index in [0.29, 0.717) is 5.91 Å². The van der Waals surface area contributed by atoms with E-state index in [1.165, 1.54) is 57.8 Å². The molecule has 26 heavy (non-hydrogen) atoms. The molecule has 0 aromatic rings. The highest BCUT2D eigenvalue weighted by molar-refractivity contribution is 5.76. The first-order valence-corrected chi connectivity index (χ1v) is 11.1. The monoisotopic (exact) mass is 359 g/mol. The molecule has 0 bridgehead atoms. The van der Waals surface area contributed by atoms with E-state index in [1.807, 2.05) is 4.90 Å². The molecule has 0 spiro atoms. The van der Waals surface area contributed by atoms with E-state index in [0.717, 1.165) is 45.2 Å². The van der Waals surface area contributed by atoms with Crippen LogP contribution in [0.2, 0.25) is 0 Å². The SMILES string of the molecule is CCCCCCC=CCC=CCC=CCCCCCC(=O)N1CCCC1. The molecule has 0 aromatic carbocycles. The number of likely N-dealkylation sites (tertiary alicyclic amines) is 1. The summed E-state index contributed by atoms with van der Waals surface area (Å²) in [5, 5.41) is 0. The van der Waals surface area contributed by atoms with Gasteiger partial charge in [-0.15, -0.1) is 0 Å². The van der Waals surface area contributed by atoms with Crippen LogP contribution in [0.25, 0.3) is 0 Å². The largest absolute Gasteiger partial charge is 0.343 e. The number of nitrogens with zero attached hydrogens (tertiary/aromatic N) is 1. The third-order valence-electron chi connectivity index (χ3n) is 4.99. The van der Waals surface area contributed by atoms with E-state index in [1.54, 1.807) is 0 Å². The lowest BCUT2D eigenvalue weighted by Gasteiger charge is -2.14. The molecule has 1 amide bonds. The molecule has 0 radical (unpaired) electrons. The van der Waals surface area contributed by atoms with E-state index in [2.05, 4.69) is 43.4 Å². The van der Waals surface area contributed by atoms with Crippen molar-refractivity contribution in [3.05, 3.63) is 36.5 Å². The summed E-state index contributed by atoms with van der Waals surface area (Å²) >= 11 is 0. The normalized spacial score (nSPS) is 15.2. The van der Waals surface area contributed by atoms with Gasteiger partial charge in [0, 0.05) is 19.5 Å². The molecule has 1 saturated heterocycles. The topological polar surface area (TPSA) is 20.3 Å². The van der Waals surface area contributed by atoms with E-state index in [4.69, 9.17) is 0 Å². The number of amides is 1. The molecule has 1 heterocycles. The summed E-state index contributed by atoms with van der Waals surface area (Å²) in [6.45, 7) is 4.24. The lowest BCUT2D eigenvalue weighted by atomic mass is 10.1. The summed E-state index contributed by atoms with van der Waals surface area (Å²) in [6.07, 6.45) is 30.1. The zero-order valence-corrected chi connectivity index (χ0v) is 17.1. The molecule has 1 aliphatic heterocycles. The van der Waals surface area contributed by atoms with Crippen molar-refractivity contribution in [3.63, 3.8) is 0 Å². The van der Waals surface area contributed by atoms with Crippen LogP contribution in [0.15, 0.2) is 36.5 Å². The number of allylic oxidation sites excluding steroid dienone is 6. The lowest BCUT2D eigenvalue weighted by molar-refractivity contribution is -0.130. The van der Waals surface area contributed by atoms with Gasteiger partial charge in [0.1, 0.15) is 0 Å². The molecule has 1 rings (SSSR count). The summed E-state index contributed by atoms with van der Waals surface area (Å²) in [7, 11) is 0. The van der Waals surface area contributed by atoms with E-state index in [-0.39, 0.29) is 0 Å². The molecule has 0 saturated carbocycles. The molecular weight excluding hydrogens is 318 g/mol. The van der Waals surface area contributed by atoms with Crippen molar-refractivity contribution < 1.29 is 4.79 Å². The Morgan fingerprint density at radius 2 is 1.27 bits per heavy atom. The third-order valence-corrected chi connectivity index (χ3v) is 4.99. The Kier molecular flexibility index (Phi) is 15.0. The van der Waals surface area contributed by atoms with Crippen LogP contribution in [0.4, 0.5) is 0 Å². The van der Waals surface area contributed by atoms with Gasteiger partial charge in [-0.25, -0.2) is 0 Å². The van der Waals surface area contributed by atoms with Crippen molar-refractivity contribution >= 4 is 5.91 Å². The molecule has 2 nitrogen and oxygen atoms in total. The standard InChI is InChI=1S/C24H41NO/c1-2-3-4-5-6-7-8-9-10-11-12-13-14-15-16-17-18-21-24(26)25-22-19-20-23-25/h7-8,10-11,13-14H,2-6,9,12,15-23H2,1H3. The second-order valence-electron chi connectivity index (χ2n) is 7.42. The second kappa shape index (κ2) is 17.1. The number of carbonyl (C=O) groups excluding carboxylic acids is 1. The third kappa shape index (κ3) is 13.0. The highest BCUT2D eigenvalue weighted by Gasteiger charge is 2.16. The minimum absolute atomic E-state index is 0.373. The Morgan fingerprint density at radius 1 is 0.731 bits per heavy atom. The van der Waals surface area contributed by atoms with E-state index < -0.39 is 0 Å². The van der Waals surface area contributed by atoms with Gasteiger partial charge >= 0.3 is 0 Å². The maximum absolute atomic E-state index is 11.9. The van der Waals surface area contributed by atoms with Crippen LogP contribution >= 0.6 is 0 Å². The zero-order chi connectivity index (χ0) is 18.7. The summed E-state index contributed by atoms with van der Waals surface area (Å²) in [5.74, 6) is 0.373. The molecule has 2 heteroatoms. The Hall–Kier alpha value is -1.31. The fourth-order valence-corrected chi connectivity index (χ4v) is 3.31. The van der Waals surface area contributed by atoms with Gasteiger partial charge in [-0.05, 0) is 57.8 Å². The second-order valence-corrected chi connectivity index (χ2v) is 7.42. The number of carbonyl (C=O) groups is 1. The quantitative estimate of drug-likeness (QED) is 0.228. The lowest BCUT2D eigenvalue weighted by Crippen LogP contribution is -2.27. The van der Waals surface area contributed by atoms with Crippen molar-refractivity contribution in [2.24, 2.45) is 0 Å². The van der Waals surface area contributed by atoms with Gasteiger partial charge < -0.3 is 4.90 Å². The molecule has 0 unspecified atom stereocenters. The Bertz CT molecular complexity index is 416. The molecule has 1 fully saturated rings. The average molecular weight is 360 g/mol. The Morgan fingerprint density at radius 3 is 1.85 bits per heavy atom. The van der Waals surface area contributed by atoms with Crippen molar-refractivity contribution in [3.8, 4) is 0 Å². The summed E-state index contributed by atoms with van der Waals surface area (Å²) in [6, 6.07) is 0. The number of rotatable bonds is 15. The molecule has 0 aromatic heterocycles. The number of unbranched alkanes of at least 4 members (excludes halogenated alkanes) is 7. The fraction of sp³-hybridized carbons (Fsp3) is 0.708. The molecular formula is C24H41NO. The molecule has 148 valence electrons. The smallest absolute Gasteiger partial charge is 0.222 e. The fourth-order valence-electron chi connectivity index (χ4n) is 3.31. The van der Waals surface area contributed by atoms with Crippen LogP contribution < -0.4 is 0 Å². The minimum Gasteiger partial charge on any atom is -0.343 e. The van der Waals surface area contributed by atoms with Gasteiger partial charge in [0.15, 0.2) is 0 Å². The van der Waals surface area contributed by atoms with Crippen LogP contribution in [-0.4, -0.2) is 23.9 Å². The maximum Gasteiger partial charge on any atom is 0.222 e. The average Bonchev–Trinajstić information content (AvgIpc) is 3.19. The van der Waals surface area contributed by atoms with Gasteiger partial charge in [-0.3, -0.25) is 4.79 Å². The van der Waals surface area contributed by atoms with Gasteiger partial charge in [0.05, 0.1) is 0 Å². The first kappa shape index (κ1) is 22.7. The predicted octanol–water partition coefficient (Wildman–Crippen LogP) is 6.98. The van der Waals surface area contributed by atoms with Crippen molar-refractivity contribution in [1.29, 1.82) is 0 Å². The molecule has 1 aliphatic rings. The Balaban J connectivity index is 1.85. The van der Waals surface area contributed by atoms with Crippen molar-refractivity contribution in [2.45, 2.75) is 96.8 Å². The van der Waals surface area contributed by atoms with Gasteiger partial charge in [0.2, 0.25) is 5.91 Å². The van der Waals surface area contributed by atoms with Gasteiger partial charge in [0.25, 0.3) is 0 Å². The number of hydrogen-bond acceptors (Lipinski definition) is 1. The molecule has 0 N–H and O–H groups in total. The zero-order valence-electron chi connectivity index (χ0n) is 17.1. The van der Waals surface area contributed by atoms with Gasteiger partial charge in [-0.2, -0.15) is 0 Å². The first-order chi connectivity index (χ1) is 12.8. The van der Waals surface area contributed by atoms with Gasteiger partial charge in [-0.1, -0.05) is 69.1 Å². The van der Waals surface area contributed by atoms with E-state index in [9.17, 15) is 4.79 Å². The van der Waals surface area contributed by atoms with Crippen LogP contribution in [0.1, 0.15) is 96.8 Å². The highest BCUT2D eigenvalue weighted by Crippen LogP contribution is 2.12. The summed E-state index contributed by atoms with van der Waals surface area (Å²) in [4.78, 5) is 13.9. The summed E-state index contributed by atoms with van der Waals surface area (Å²) in [5.41, 5.74) is 0. The maximum atomic E-state index is 11.9. The number of hydrogen-bond donors (Lipinski definition) is 0. The minimum atomic E-state index is 0.373. The first-order valence-electron chi connectivity index (χ1n) is 11.1. The van der Waals surface area contributed by atoms with Crippen LogP contribution in [0.5, 0.6) is 0 Å². The molecule has 0 atom stereocenters. The Labute approximate surface area is 162 Å². The predicted molar refractivity (Wildman–Crippen MR) is 114 cm³/mol.